The van der Waals surface area contributed by atoms with Crippen LogP contribution in [0.3, 0.4) is 0 Å². The quantitative estimate of drug-likeness (QED) is 0.781. The largest absolute Gasteiger partial charge is 0.389 e. The highest BCUT2D eigenvalue weighted by atomic mass is 35.5. The number of aliphatic hydroxyl groups is 1. The zero-order valence-corrected chi connectivity index (χ0v) is 16.9. The molecular weight excluding hydrogens is 362 g/mol. The van der Waals surface area contributed by atoms with Crippen LogP contribution < -0.4 is 0 Å². The highest BCUT2D eigenvalue weighted by molar-refractivity contribution is 5.85. The van der Waals surface area contributed by atoms with E-state index in [-0.39, 0.29) is 24.0 Å². The number of ether oxygens (including phenoxy) is 2. The highest BCUT2D eigenvalue weighted by Crippen LogP contribution is 2.26. The van der Waals surface area contributed by atoms with Gasteiger partial charge in [0.15, 0.2) is 0 Å². The minimum atomic E-state index is -0.540. The molecule has 1 N–H and O–H groups in total. The van der Waals surface area contributed by atoms with Gasteiger partial charge in [0.1, 0.15) is 6.10 Å². The number of hydrogen-bond donors (Lipinski definition) is 1. The molecule has 1 atom stereocenters. The minimum absolute atomic E-state index is 0. The third kappa shape index (κ3) is 6.03. The van der Waals surface area contributed by atoms with Crippen molar-refractivity contribution in [3.63, 3.8) is 0 Å². The smallest absolute Gasteiger partial charge is 0.108 e. The fourth-order valence-electron chi connectivity index (χ4n) is 3.38. The Kier molecular flexibility index (Phi) is 8.27. The lowest BCUT2D eigenvalue weighted by atomic mass is 10.0. The van der Waals surface area contributed by atoms with E-state index in [2.05, 4.69) is 43.0 Å². The van der Waals surface area contributed by atoms with Crippen LogP contribution in [-0.2, 0) is 9.47 Å². The van der Waals surface area contributed by atoms with Crippen molar-refractivity contribution in [2.45, 2.75) is 31.6 Å². The second kappa shape index (κ2) is 10.2. The molecule has 3 rings (SSSR count). The molecule has 4 nitrogen and oxygen atoms in total. The summed E-state index contributed by atoms with van der Waals surface area (Å²) in [7, 11) is 0. The Bertz CT molecular complexity index is 626. The van der Waals surface area contributed by atoms with Crippen molar-refractivity contribution >= 4 is 12.4 Å². The Morgan fingerprint density at radius 3 is 2.11 bits per heavy atom. The normalized spacial score (nSPS) is 18.1. The van der Waals surface area contributed by atoms with Crippen molar-refractivity contribution in [3.8, 4) is 0 Å². The first-order chi connectivity index (χ1) is 12.6. The first-order valence-electron chi connectivity index (χ1n) is 9.28. The monoisotopic (exact) mass is 391 g/mol. The molecular formula is C22H30ClNO3. The molecule has 5 heteroatoms. The number of rotatable bonds is 7. The zero-order chi connectivity index (χ0) is 18.4. The molecule has 1 fully saturated rings. The molecule has 1 saturated heterocycles. The number of aliphatic hydroxyl groups excluding tert-OH is 1. The van der Waals surface area contributed by atoms with Gasteiger partial charge in [-0.05, 0) is 25.0 Å². The summed E-state index contributed by atoms with van der Waals surface area (Å²) in [6, 6.07) is 20.3. The van der Waals surface area contributed by atoms with Gasteiger partial charge < -0.3 is 14.6 Å². The molecule has 0 saturated carbocycles. The molecule has 0 spiro atoms. The summed E-state index contributed by atoms with van der Waals surface area (Å²) in [6.45, 7) is 7.43. The molecule has 148 valence electrons. The first kappa shape index (κ1) is 21.9. The van der Waals surface area contributed by atoms with Crippen LogP contribution >= 0.6 is 12.4 Å². The van der Waals surface area contributed by atoms with Crippen LogP contribution in [-0.4, -0.2) is 54.6 Å². The van der Waals surface area contributed by atoms with Crippen molar-refractivity contribution < 1.29 is 14.6 Å². The van der Waals surface area contributed by atoms with Gasteiger partial charge in [-0.25, -0.2) is 0 Å². The number of benzene rings is 2. The number of hydrogen-bond acceptors (Lipinski definition) is 4. The van der Waals surface area contributed by atoms with Crippen LogP contribution in [0.2, 0.25) is 0 Å². The van der Waals surface area contributed by atoms with Crippen LogP contribution in [0, 0.1) is 0 Å². The number of halogens is 1. The Labute approximate surface area is 168 Å². The fraction of sp³-hybridized carbons (Fsp3) is 0.455. The maximum atomic E-state index is 10.6. The molecule has 1 aliphatic heterocycles. The second-order valence-corrected chi connectivity index (χ2v) is 7.50. The molecule has 2 aromatic rings. The van der Waals surface area contributed by atoms with Crippen LogP contribution in [0.5, 0.6) is 0 Å². The van der Waals surface area contributed by atoms with E-state index in [0.29, 0.717) is 26.4 Å². The Morgan fingerprint density at radius 2 is 1.59 bits per heavy atom. The van der Waals surface area contributed by atoms with Crippen molar-refractivity contribution in [3.05, 3.63) is 71.8 Å². The molecule has 1 unspecified atom stereocenters. The summed E-state index contributed by atoms with van der Waals surface area (Å²) in [5, 5.41) is 10.6. The van der Waals surface area contributed by atoms with E-state index in [0.717, 1.165) is 17.7 Å². The Morgan fingerprint density at radius 1 is 1.04 bits per heavy atom. The lowest BCUT2D eigenvalue weighted by Crippen LogP contribution is -2.55. The number of morpholine rings is 1. The summed E-state index contributed by atoms with van der Waals surface area (Å²) in [4.78, 5) is 2.28. The van der Waals surface area contributed by atoms with E-state index in [1.165, 1.54) is 0 Å². The lowest BCUT2D eigenvalue weighted by Gasteiger charge is -2.43. The minimum Gasteiger partial charge on any atom is -0.389 e. The zero-order valence-electron chi connectivity index (χ0n) is 16.1. The van der Waals surface area contributed by atoms with E-state index in [1.807, 2.05) is 36.4 Å². The maximum Gasteiger partial charge on any atom is 0.108 e. The van der Waals surface area contributed by atoms with Gasteiger partial charge in [-0.3, -0.25) is 4.90 Å². The van der Waals surface area contributed by atoms with Crippen LogP contribution in [0.15, 0.2) is 60.7 Å². The van der Waals surface area contributed by atoms with E-state index in [1.54, 1.807) is 0 Å². The van der Waals surface area contributed by atoms with Crippen molar-refractivity contribution in [2.75, 3.05) is 32.9 Å². The van der Waals surface area contributed by atoms with Gasteiger partial charge in [-0.1, -0.05) is 60.7 Å². The van der Waals surface area contributed by atoms with Gasteiger partial charge in [0, 0.05) is 18.6 Å². The Balaban J connectivity index is 0.00000261. The van der Waals surface area contributed by atoms with Crippen LogP contribution in [0.4, 0.5) is 0 Å². The predicted molar refractivity (Wildman–Crippen MR) is 110 cm³/mol. The SMILES string of the molecule is CC1(C)COCCN1CC(O)COC(c1ccccc1)c1ccccc1.Cl. The van der Waals surface area contributed by atoms with Gasteiger partial charge in [0.25, 0.3) is 0 Å². The van der Waals surface area contributed by atoms with Crippen LogP contribution in [0.25, 0.3) is 0 Å². The summed E-state index contributed by atoms with van der Waals surface area (Å²) >= 11 is 0. The van der Waals surface area contributed by atoms with Gasteiger partial charge in [-0.2, -0.15) is 0 Å². The summed E-state index contributed by atoms with van der Waals surface area (Å²) in [6.07, 6.45) is -0.716. The highest BCUT2D eigenvalue weighted by Gasteiger charge is 2.31. The van der Waals surface area contributed by atoms with E-state index >= 15 is 0 Å². The topological polar surface area (TPSA) is 41.9 Å². The molecule has 0 aliphatic carbocycles. The molecule has 1 aliphatic rings. The second-order valence-electron chi connectivity index (χ2n) is 7.50. The molecule has 0 amide bonds. The molecule has 0 radical (unpaired) electrons. The number of β-amino-alcohol motifs (C(OH)–C–C–N with tert-alkyl or cyclic N) is 1. The van der Waals surface area contributed by atoms with Gasteiger partial charge in [0.2, 0.25) is 0 Å². The summed E-state index contributed by atoms with van der Waals surface area (Å²) in [5.41, 5.74) is 2.13. The average Bonchev–Trinajstić information content (AvgIpc) is 2.65. The molecule has 0 bridgehead atoms. The molecule has 1 heterocycles. The van der Waals surface area contributed by atoms with Crippen molar-refractivity contribution in [1.29, 1.82) is 0 Å². The average molecular weight is 392 g/mol. The van der Waals surface area contributed by atoms with Gasteiger partial charge in [0.05, 0.1) is 25.9 Å². The Hall–Kier alpha value is -1.43. The third-order valence-electron chi connectivity index (χ3n) is 4.91. The van der Waals surface area contributed by atoms with Gasteiger partial charge >= 0.3 is 0 Å². The van der Waals surface area contributed by atoms with Crippen molar-refractivity contribution in [1.82, 2.24) is 4.90 Å². The molecule has 0 aromatic heterocycles. The van der Waals surface area contributed by atoms with E-state index in [9.17, 15) is 5.11 Å². The van der Waals surface area contributed by atoms with E-state index in [4.69, 9.17) is 9.47 Å². The fourth-order valence-corrected chi connectivity index (χ4v) is 3.38. The summed E-state index contributed by atoms with van der Waals surface area (Å²) in [5.74, 6) is 0. The number of nitrogens with zero attached hydrogens (tertiary/aromatic N) is 1. The summed E-state index contributed by atoms with van der Waals surface area (Å²) < 4.78 is 11.7. The predicted octanol–water partition coefficient (Wildman–Crippen LogP) is 3.69. The van der Waals surface area contributed by atoms with Crippen LogP contribution in [0.1, 0.15) is 31.1 Å². The lowest BCUT2D eigenvalue weighted by molar-refractivity contribution is -0.0799. The van der Waals surface area contributed by atoms with Gasteiger partial charge in [-0.15, -0.1) is 12.4 Å². The van der Waals surface area contributed by atoms with E-state index < -0.39 is 6.10 Å². The molecule has 27 heavy (non-hydrogen) atoms. The first-order valence-corrected chi connectivity index (χ1v) is 9.28. The maximum absolute atomic E-state index is 10.6. The molecule has 2 aromatic carbocycles. The van der Waals surface area contributed by atoms with Crippen molar-refractivity contribution in [2.24, 2.45) is 0 Å². The third-order valence-corrected chi connectivity index (χ3v) is 4.91. The standard InChI is InChI=1S/C22H29NO3.ClH/c1-22(2)17-25-14-13-23(22)15-20(24)16-26-21(18-9-5-3-6-10-18)19-11-7-4-8-12-19;/h3-12,20-21,24H,13-17H2,1-2H3;1H.